The van der Waals surface area contributed by atoms with E-state index in [1.165, 1.54) is 23.3 Å². The van der Waals surface area contributed by atoms with Crippen molar-refractivity contribution in [3.63, 3.8) is 0 Å². The second kappa shape index (κ2) is 7.60. The minimum absolute atomic E-state index is 0.0962. The third kappa shape index (κ3) is 2.99. The zero-order chi connectivity index (χ0) is 21.5. The lowest BCUT2D eigenvalue weighted by Gasteiger charge is -2.32. The van der Waals surface area contributed by atoms with Gasteiger partial charge in [-0.25, -0.2) is 0 Å². The molecule has 4 atom stereocenters. The maximum Gasteiger partial charge on any atom is 0.327 e. The fraction of sp³-hybridized carbons (Fsp3) is 0.409. The van der Waals surface area contributed by atoms with E-state index in [2.05, 4.69) is 5.32 Å². The number of fused-ring (bicyclic) bond motifs is 1. The molecule has 0 spiro atoms. The Balaban J connectivity index is 1.84. The SMILES string of the molecule is CCOC(=O)[C@]1(Cc2ccc(O)cc2)N[C@H](c2ccco2)[C@H]2C(=O)N(CC)C(=O)[C@@H]21. The Kier molecular flexibility index (Phi) is 5.11. The quantitative estimate of drug-likeness (QED) is 0.550. The molecule has 8 nitrogen and oxygen atoms in total. The number of imide groups is 1. The van der Waals surface area contributed by atoms with Crippen LogP contribution in [0.15, 0.2) is 47.1 Å². The number of phenols is 1. The van der Waals surface area contributed by atoms with E-state index in [0.717, 1.165) is 5.56 Å². The van der Waals surface area contributed by atoms with Crippen LogP contribution in [-0.4, -0.2) is 46.5 Å². The molecule has 2 aromatic rings. The van der Waals surface area contributed by atoms with Crippen LogP contribution in [0.25, 0.3) is 0 Å². The van der Waals surface area contributed by atoms with Gasteiger partial charge in [-0.3, -0.25) is 24.6 Å². The number of aromatic hydroxyl groups is 1. The number of esters is 1. The first kappa shape index (κ1) is 20.2. The van der Waals surface area contributed by atoms with E-state index in [9.17, 15) is 19.5 Å². The van der Waals surface area contributed by atoms with Gasteiger partial charge < -0.3 is 14.3 Å². The zero-order valence-corrected chi connectivity index (χ0v) is 16.8. The molecule has 0 unspecified atom stereocenters. The molecule has 2 amide bonds. The summed E-state index contributed by atoms with van der Waals surface area (Å²) in [5, 5.41) is 12.9. The average molecular weight is 412 g/mol. The van der Waals surface area contributed by atoms with Crippen LogP contribution < -0.4 is 5.32 Å². The summed E-state index contributed by atoms with van der Waals surface area (Å²) in [6.45, 7) is 3.80. The van der Waals surface area contributed by atoms with Crippen LogP contribution in [0.1, 0.15) is 31.2 Å². The smallest absolute Gasteiger partial charge is 0.327 e. The van der Waals surface area contributed by atoms with Crippen molar-refractivity contribution in [3.8, 4) is 5.75 Å². The summed E-state index contributed by atoms with van der Waals surface area (Å²) in [4.78, 5) is 40.9. The van der Waals surface area contributed by atoms with Gasteiger partial charge in [-0.1, -0.05) is 12.1 Å². The number of amides is 2. The molecule has 8 heteroatoms. The highest BCUT2D eigenvalue weighted by atomic mass is 16.5. The largest absolute Gasteiger partial charge is 0.508 e. The van der Waals surface area contributed by atoms with Gasteiger partial charge in [0, 0.05) is 13.0 Å². The summed E-state index contributed by atoms with van der Waals surface area (Å²) in [5.41, 5.74) is -0.714. The second-order valence-corrected chi connectivity index (χ2v) is 7.60. The first-order chi connectivity index (χ1) is 14.4. The first-order valence-electron chi connectivity index (χ1n) is 10.0. The highest BCUT2D eigenvalue weighted by molar-refractivity contribution is 6.09. The van der Waals surface area contributed by atoms with Crippen LogP contribution >= 0.6 is 0 Å². The predicted octanol–water partition coefficient (Wildman–Crippen LogP) is 1.80. The summed E-state index contributed by atoms with van der Waals surface area (Å²) in [6, 6.07) is 9.20. The number of nitrogens with one attached hydrogen (secondary N) is 1. The molecule has 30 heavy (non-hydrogen) atoms. The van der Waals surface area contributed by atoms with E-state index < -0.39 is 29.4 Å². The molecule has 0 radical (unpaired) electrons. The van der Waals surface area contributed by atoms with E-state index in [-0.39, 0.29) is 37.1 Å². The van der Waals surface area contributed by atoms with E-state index >= 15 is 0 Å². The summed E-state index contributed by atoms with van der Waals surface area (Å²) in [7, 11) is 0. The number of hydrogen-bond acceptors (Lipinski definition) is 7. The topological polar surface area (TPSA) is 109 Å². The summed E-state index contributed by atoms with van der Waals surface area (Å²) in [6.07, 6.45) is 1.62. The maximum atomic E-state index is 13.3. The molecular formula is C22H24N2O6. The van der Waals surface area contributed by atoms with Crippen molar-refractivity contribution < 1.29 is 28.6 Å². The fourth-order valence-electron chi connectivity index (χ4n) is 4.70. The van der Waals surface area contributed by atoms with Crippen molar-refractivity contribution in [3.05, 3.63) is 54.0 Å². The molecule has 2 aliphatic rings. The van der Waals surface area contributed by atoms with Crippen molar-refractivity contribution >= 4 is 17.8 Å². The highest BCUT2D eigenvalue weighted by Gasteiger charge is 2.69. The zero-order valence-electron chi connectivity index (χ0n) is 16.8. The number of likely N-dealkylation sites (tertiary alicyclic amines) is 1. The summed E-state index contributed by atoms with van der Waals surface area (Å²) in [5.74, 6) is -2.40. The molecule has 4 rings (SSSR count). The maximum absolute atomic E-state index is 13.3. The summed E-state index contributed by atoms with van der Waals surface area (Å²) < 4.78 is 10.9. The Morgan fingerprint density at radius 3 is 2.53 bits per heavy atom. The molecule has 2 aliphatic heterocycles. The number of benzene rings is 1. The molecule has 0 aliphatic carbocycles. The molecule has 2 saturated heterocycles. The molecule has 1 aromatic carbocycles. The lowest BCUT2D eigenvalue weighted by molar-refractivity contribution is -0.156. The van der Waals surface area contributed by atoms with Crippen molar-refractivity contribution in [2.45, 2.75) is 31.8 Å². The number of furan rings is 1. The van der Waals surface area contributed by atoms with Crippen molar-refractivity contribution in [2.75, 3.05) is 13.2 Å². The van der Waals surface area contributed by atoms with Crippen LogP contribution in [0, 0.1) is 11.8 Å². The minimum Gasteiger partial charge on any atom is -0.508 e. The van der Waals surface area contributed by atoms with Gasteiger partial charge in [0.05, 0.1) is 30.7 Å². The Morgan fingerprint density at radius 2 is 1.93 bits per heavy atom. The lowest BCUT2D eigenvalue weighted by Crippen LogP contribution is -2.58. The van der Waals surface area contributed by atoms with E-state index in [0.29, 0.717) is 5.76 Å². The number of carbonyl (C=O) groups is 3. The molecule has 3 heterocycles. The lowest BCUT2D eigenvalue weighted by atomic mass is 9.76. The molecule has 2 N–H and O–H groups in total. The van der Waals surface area contributed by atoms with Crippen molar-refractivity contribution in [1.29, 1.82) is 0 Å². The Morgan fingerprint density at radius 1 is 1.20 bits per heavy atom. The normalized spacial score (nSPS) is 28.1. The van der Waals surface area contributed by atoms with Crippen molar-refractivity contribution in [1.82, 2.24) is 10.2 Å². The average Bonchev–Trinajstić information content (AvgIpc) is 3.42. The standard InChI is InChI=1S/C22H24N2O6/c1-3-24-19(26)16-17(20(24)27)22(21(28)29-4-2,12-13-7-9-14(25)10-8-13)23-18(16)15-6-5-11-30-15/h5-11,16-18,23,25H,3-4,12H2,1-2H3/t16-,17+,18+,22+/m0/s1. The van der Waals surface area contributed by atoms with E-state index in [1.54, 1.807) is 38.1 Å². The van der Waals surface area contributed by atoms with Crippen LogP contribution in [0.4, 0.5) is 0 Å². The number of ether oxygens (including phenoxy) is 1. The summed E-state index contributed by atoms with van der Waals surface area (Å²) >= 11 is 0. The molecule has 0 saturated carbocycles. The minimum atomic E-state index is -1.44. The van der Waals surface area contributed by atoms with Crippen LogP contribution in [0.3, 0.4) is 0 Å². The van der Waals surface area contributed by atoms with Gasteiger partial charge in [0.25, 0.3) is 0 Å². The number of nitrogens with zero attached hydrogens (tertiary/aromatic N) is 1. The van der Waals surface area contributed by atoms with Gasteiger partial charge in [-0.05, 0) is 43.7 Å². The Hall–Kier alpha value is -3.13. The van der Waals surface area contributed by atoms with E-state index in [4.69, 9.17) is 9.15 Å². The number of hydrogen-bond donors (Lipinski definition) is 2. The second-order valence-electron chi connectivity index (χ2n) is 7.60. The predicted molar refractivity (Wildman–Crippen MR) is 105 cm³/mol. The fourth-order valence-corrected chi connectivity index (χ4v) is 4.70. The van der Waals surface area contributed by atoms with Crippen LogP contribution in [0.2, 0.25) is 0 Å². The number of carbonyl (C=O) groups excluding carboxylic acids is 3. The van der Waals surface area contributed by atoms with Gasteiger partial charge in [0.15, 0.2) is 0 Å². The highest BCUT2D eigenvalue weighted by Crippen LogP contribution is 2.50. The number of phenolic OH excluding ortho intramolecular Hbond substituents is 1. The molecule has 1 aromatic heterocycles. The molecule has 0 bridgehead atoms. The Labute approximate surface area is 173 Å². The van der Waals surface area contributed by atoms with Crippen LogP contribution in [-0.2, 0) is 25.5 Å². The van der Waals surface area contributed by atoms with Gasteiger partial charge in [0.2, 0.25) is 11.8 Å². The molecule has 2 fully saturated rings. The van der Waals surface area contributed by atoms with E-state index in [1.807, 2.05) is 0 Å². The third-order valence-corrected chi connectivity index (χ3v) is 5.97. The monoisotopic (exact) mass is 412 g/mol. The molecule has 158 valence electrons. The van der Waals surface area contributed by atoms with Crippen molar-refractivity contribution in [2.24, 2.45) is 11.8 Å². The van der Waals surface area contributed by atoms with Gasteiger partial charge in [-0.15, -0.1) is 0 Å². The first-order valence-corrected chi connectivity index (χ1v) is 10.0. The van der Waals surface area contributed by atoms with Gasteiger partial charge in [-0.2, -0.15) is 0 Å². The van der Waals surface area contributed by atoms with Gasteiger partial charge >= 0.3 is 5.97 Å². The van der Waals surface area contributed by atoms with Crippen LogP contribution in [0.5, 0.6) is 5.75 Å². The van der Waals surface area contributed by atoms with Gasteiger partial charge in [0.1, 0.15) is 17.0 Å². The number of rotatable bonds is 6. The third-order valence-electron chi connectivity index (χ3n) is 5.97. The molecular weight excluding hydrogens is 388 g/mol. The Bertz CT molecular complexity index is 955.